The van der Waals surface area contributed by atoms with E-state index in [1.165, 1.54) is 11.1 Å². The zero-order valence-electron chi connectivity index (χ0n) is 12.2. The third kappa shape index (κ3) is 2.98. The van der Waals surface area contributed by atoms with Crippen LogP contribution in [0.2, 0.25) is 0 Å². The molecule has 1 amide bonds. The predicted molar refractivity (Wildman–Crippen MR) is 85.2 cm³/mol. The highest BCUT2D eigenvalue weighted by atomic mass is 16.1. The van der Waals surface area contributed by atoms with Crippen molar-refractivity contribution in [2.24, 2.45) is 5.92 Å². The largest absolute Gasteiger partial charge is 0.326 e. The molecule has 2 N–H and O–H groups in total. The van der Waals surface area contributed by atoms with Gasteiger partial charge in [0.25, 0.3) is 0 Å². The van der Waals surface area contributed by atoms with Crippen molar-refractivity contribution >= 4 is 11.6 Å². The lowest BCUT2D eigenvalue weighted by molar-refractivity contribution is -0.119. The molecule has 0 heterocycles. The summed E-state index contributed by atoms with van der Waals surface area (Å²) < 4.78 is 0. The number of benzene rings is 2. The summed E-state index contributed by atoms with van der Waals surface area (Å²) in [5, 5.41) is 6.22. The molecule has 3 heteroatoms. The van der Waals surface area contributed by atoms with Gasteiger partial charge in [0.05, 0.1) is 0 Å². The van der Waals surface area contributed by atoms with Gasteiger partial charge in [-0.2, -0.15) is 0 Å². The lowest BCUT2D eigenvalue weighted by atomic mass is 10.0. The summed E-state index contributed by atoms with van der Waals surface area (Å²) >= 11 is 0. The van der Waals surface area contributed by atoms with E-state index in [4.69, 9.17) is 0 Å². The van der Waals surface area contributed by atoms with Crippen LogP contribution in [-0.2, 0) is 24.2 Å². The van der Waals surface area contributed by atoms with Crippen molar-refractivity contribution in [1.82, 2.24) is 5.32 Å². The second-order valence-corrected chi connectivity index (χ2v) is 5.55. The molecule has 1 aliphatic carbocycles. The molecule has 0 saturated carbocycles. The van der Waals surface area contributed by atoms with Gasteiger partial charge in [-0.3, -0.25) is 4.79 Å². The van der Waals surface area contributed by atoms with Crippen LogP contribution in [0, 0.1) is 5.92 Å². The first-order valence-corrected chi connectivity index (χ1v) is 7.38. The van der Waals surface area contributed by atoms with E-state index in [1.54, 1.807) is 0 Å². The molecule has 0 saturated heterocycles. The van der Waals surface area contributed by atoms with E-state index in [1.807, 2.05) is 43.4 Å². The Balaban J connectivity index is 1.71. The molecule has 1 aliphatic rings. The Kier molecular flexibility index (Phi) is 4.02. The van der Waals surface area contributed by atoms with Crippen LogP contribution in [0.5, 0.6) is 0 Å². The lowest BCUT2D eigenvalue weighted by Gasteiger charge is -2.14. The standard InChI is InChI=1S/C18H20N2O/c1-19-12-15-8-4-5-9-17(15)20-18(21)16-10-13-6-2-3-7-14(13)11-16/h2-9,16,19H,10-12H2,1H3,(H,20,21). The normalized spacial score (nSPS) is 14.0. The monoisotopic (exact) mass is 280 g/mol. The fourth-order valence-corrected chi connectivity index (χ4v) is 2.97. The molecular weight excluding hydrogens is 260 g/mol. The highest BCUT2D eigenvalue weighted by molar-refractivity contribution is 5.94. The minimum Gasteiger partial charge on any atom is -0.326 e. The summed E-state index contributed by atoms with van der Waals surface area (Å²) in [6.07, 6.45) is 1.69. The molecule has 0 atom stereocenters. The zero-order chi connectivity index (χ0) is 14.7. The van der Waals surface area contributed by atoms with Gasteiger partial charge >= 0.3 is 0 Å². The average Bonchev–Trinajstić information content (AvgIpc) is 2.93. The van der Waals surface area contributed by atoms with E-state index in [0.717, 1.165) is 30.6 Å². The van der Waals surface area contributed by atoms with Gasteiger partial charge in [0.1, 0.15) is 0 Å². The van der Waals surface area contributed by atoms with E-state index in [9.17, 15) is 4.79 Å². The SMILES string of the molecule is CNCc1ccccc1NC(=O)C1Cc2ccccc2C1. The molecule has 0 spiro atoms. The molecule has 0 bridgehead atoms. The quantitative estimate of drug-likeness (QED) is 0.904. The van der Waals surface area contributed by atoms with Gasteiger partial charge in [-0.15, -0.1) is 0 Å². The lowest BCUT2D eigenvalue weighted by Crippen LogP contribution is -2.24. The molecule has 21 heavy (non-hydrogen) atoms. The number of nitrogens with one attached hydrogen (secondary N) is 2. The fourth-order valence-electron chi connectivity index (χ4n) is 2.97. The van der Waals surface area contributed by atoms with E-state index >= 15 is 0 Å². The molecule has 0 aliphatic heterocycles. The van der Waals surface area contributed by atoms with Crippen LogP contribution in [0.3, 0.4) is 0 Å². The Labute approximate surface area is 125 Å². The first kappa shape index (κ1) is 13.8. The number of anilines is 1. The molecule has 2 aromatic rings. The number of amides is 1. The van der Waals surface area contributed by atoms with Crippen molar-refractivity contribution in [3.63, 3.8) is 0 Å². The summed E-state index contributed by atoms with van der Waals surface area (Å²) in [6, 6.07) is 16.3. The number of fused-ring (bicyclic) bond motifs is 1. The van der Waals surface area contributed by atoms with E-state index in [0.29, 0.717) is 0 Å². The van der Waals surface area contributed by atoms with Crippen molar-refractivity contribution in [2.75, 3.05) is 12.4 Å². The van der Waals surface area contributed by atoms with Crippen LogP contribution in [-0.4, -0.2) is 13.0 Å². The van der Waals surface area contributed by atoms with Crippen molar-refractivity contribution in [3.05, 3.63) is 65.2 Å². The molecule has 2 aromatic carbocycles. The molecule has 0 fully saturated rings. The van der Waals surface area contributed by atoms with E-state index < -0.39 is 0 Å². The van der Waals surface area contributed by atoms with Crippen molar-refractivity contribution in [1.29, 1.82) is 0 Å². The maximum Gasteiger partial charge on any atom is 0.228 e. The molecule has 0 radical (unpaired) electrons. The van der Waals surface area contributed by atoms with E-state index in [2.05, 4.69) is 22.8 Å². The Hall–Kier alpha value is -2.13. The van der Waals surface area contributed by atoms with Crippen molar-refractivity contribution in [2.45, 2.75) is 19.4 Å². The predicted octanol–water partition coefficient (Wildman–Crippen LogP) is 2.76. The summed E-state index contributed by atoms with van der Waals surface area (Å²) in [6.45, 7) is 0.751. The maximum absolute atomic E-state index is 12.5. The van der Waals surface area contributed by atoms with Gasteiger partial charge in [-0.05, 0) is 42.6 Å². The van der Waals surface area contributed by atoms with Crippen LogP contribution < -0.4 is 10.6 Å². The Morgan fingerprint density at radius 3 is 2.33 bits per heavy atom. The minimum absolute atomic E-state index is 0.0463. The Bertz CT molecular complexity index is 626. The number of carbonyl (C=O) groups excluding carboxylic acids is 1. The minimum atomic E-state index is 0.0463. The molecule has 3 nitrogen and oxygen atoms in total. The highest BCUT2D eigenvalue weighted by Gasteiger charge is 2.27. The van der Waals surface area contributed by atoms with Gasteiger partial charge in [-0.25, -0.2) is 0 Å². The molecule has 3 rings (SSSR count). The number of para-hydroxylation sites is 1. The van der Waals surface area contributed by atoms with Gasteiger partial charge in [0, 0.05) is 18.2 Å². The molecule has 108 valence electrons. The summed E-state index contributed by atoms with van der Waals surface area (Å²) in [5.41, 5.74) is 4.64. The van der Waals surface area contributed by atoms with Gasteiger partial charge in [0.2, 0.25) is 5.91 Å². The topological polar surface area (TPSA) is 41.1 Å². The number of hydrogen-bond donors (Lipinski definition) is 2. The van der Waals surface area contributed by atoms with Crippen LogP contribution in [0.25, 0.3) is 0 Å². The first-order valence-electron chi connectivity index (χ1n) is 7.38. The van der Waals surface area contributed by atoms with Crippen LogP contribution >= 0.6 is 0 Å². The molecule has 0 unspecified atom stereocenters. The number of rotatable bonds is 4. The summed E-state index contributed by atoms with van der Waals surface area (Å²) in [5.74, 6) is 0.166. The zero-order valence-corrected chi connectivity index (χ0v) is 12.2. The fraction of sp³-hybridized carbons (Fsp3) is 0.278. The van der Waals surface area contributed by atoms with Gasteiger partial charge in [0.15, 0.2) is 0 Å². The van der Waals surface area contributed by atoms with Crippen LogP contribution in [0.15, 0.2) is 48.5 Å². The number of carbonyl (C=O) groups is 1. The number of hydrogen-bond acceptors (Lipinski definition) is 2. The average molecular weight is 280 g/mol. The van der Waals surface area contributed by atoms with Gasteiger partial charge < -0.3 is 10.6 Å². The van der Waals surface area contributed by atoms with Gasteiger partial charge in [-0.1, -0.05) is 42.5 Å². The van der Waals surface area contributed by atoms with Crippen LogP contribution in [0.1, 0.15) is 16.7 Å². The summed E-state index contributed by atoms with van der Waals surface area (Å²) in [7, 11) is 1.91. The van der Waals surface area contributed by atoms with Crippen LogP contribution in [0.4, 0.5) is 5.69 Å². The van der Waals surface area contributed by atoms with Crippen molar-refractivity contribution in [3.8, 4) is 0 Å². The molecular formula is C18H20N2O. The third-order valence-electron chi connectivity index (χ3n) is 4.06. The highest BCUT2D eigenvalue weighted by Crippen LogP contribution is 2.27. The Morgan fingerprint density at radius 2 is 1.67 bits per heavy atom. The van der Waals surface area contributed by atoms with E-state index in [-0.39, 0.29) is 11.8 Å². The van der Waals surface area contributed by atoms with Crippen molar-refractivity contribution < 1.29 is 4.79 Å². The smallest absolute Gasteiger partial charge is 0.228 e. The first-order chi connectivity index (χ1) is 10.3. The second kappa shape index (κ2) is 6.10. The molecule has 0 aromatic heterocycles. The Morgan fingerprint density at radius 1 is 1.05 bits per heavy atom. The second-order valence-electron chi connectivity index (χ2n) is 5.55. The maximum atomic E-state index is 12.5. The summed E-state index contributed by atoms with van der Waals surface area (Å²) in [4.78, 5) is 12.5. The third-order valence-corrected chi connectivity index (χ3v) is 4.06.